The molecule has 96 valence electrons. The fourth-order valence-corrected chi connectivity index (χ4v) is 2.76. The average molecular weight is 242 g/mol. The van der Waals surface area contributed by atoms with Gasteiger partial charge in [0.1, 0.15) is 0 Å². The fraction of sp³-hybridized carbons (Fsp3) is 0.562. The molecule has 1 unspecified atom stereocenters. The van der Waals surface area contributed by atoms with Gasteiger partial charge in [0.25, 0.3) is 0 Å². The van der Waals surface area contributed by atoms with Crippen LogP contribution in [0.1, 0.15) is 44.7 Å². The summed E-state index contributed by atoms with van der Waals surface area (Å²) in [5, 5.41) is 8.87. The predicted octanol–water partition coefficient (Wildman–Crippen LogP) is 3.76. The molecular weight excluding hydrogens is 220 g/mol. The Labute approximate surface area is 110 Å². The number of rotatable bonds is 3. The first-order chi connectivity index (χ1) is 8.64. The van der Waals surface area contributed by atoms with Crippen LogP contribution in [0, 0.1) is 16.7 Å². The minimum absolute atomic E-state index is 0.238. The number of nitriles is 1. The van der Waals surface area contributed by atoms with Crippen molar-refractivity contribution in [2.24, 2.45) is 5.41 Å². The van der Waals surface area contributed by atoms with Crippen LogP contribution in [0.2, 0.25) is 0 Å². The van der Waals surface area contributed by atoms with Crippen molar-refractivity contribution in [2.45, 2.75) is 39.2 Å². The van der Waals surface area contributed by atoms with E-state index < -0.39 is 0 Å². The van der Waals surface area contributed by atoms with Crippen LogP contribution in [0.4, 0.5) is 0 Å². The van der Waals surface area contributed by atoms with E-state index >= 15 is 0 Å². The zero-order valence-corrected chi connectivity index (χ0v) is 11.4. The summed E-state index contributed by atoms with van der Waals surface area (Å²) in [5.74, 6) is 0. The maximum Gasteiger partial charge on any atom is 0.0627 e. The molecule has 18 heavy (non-hydrogen) atoms. The van der Waals surface area contributed by atoms with E-state index in [1.165, 1.54) is 5.56 Å². The predicted molar refractivity (Wildman–Crippen MR) is 74.0 cm³/mol. The molecule has 2 heteroatoms. The highest BCUT2D eigenvalue weighted by molar-refractivity contribution is 5.18. The van der Waals surface area contributed by atoms with Gasteiger partial charge in [-0.2, -0.15) is 5.26 Å². The first-order valence-electron chi connectivity index (χ1n) is 6.81. The van der Waals surface area contributed by atoms with Gasteiger partial charge in [-0.3, -0.25) is 4.90 Å². The Kier molecular flexibility index (Phi) is 4.04. The molecule has 1 saturated heterocycles. The molecule has 0 N–H and O–H groups in total. The molecule has 0 aliphatic carbocycles. The third kappa shape index (κ3) is 2.91. The van der Waals surface area contributed by atoms with Gasteiger partial charge in [-0.25, -0.2) is 0 Å². The molecule has 1 atom stereocenters. The van der Waals surface area contributed by atoms with E-state index in [0.717, 1.165) is 25.9 Å². The fourth-order valence-electron chi connectivity index (χ4n) is 2.76. The standard InChI is InChI=1S/C16H22N2/c1-14(15-6-4-3-5-7-15)18-12-9-16(2,8-11-17)10-13-18/h3-7,14H,8-10,12-13H2,1-2H3. The zero-order valence-electron chi connectivity index (χ0n) is 11.4. The van der Waals surface area contributed by atoms with Crippen LogP contribution in [0.5, 0.6) is 0 Å². The Morgan fingerprint density at radius 1 is 1.28 bits per heavy atom. The van der Waals surface area contributed by atoms with Crippen molar-refractivity contribution in [3.63, 3.8) is 0 Å². The molecule has 1 aromatic rings. The van der Waals surface area contributed by atoms with Crippen molar-refractivity contribution in [2.75, 3.05) is 13.1 Å². The van der Waals surface area contributed by atoms with Crippen LogP contribution in [0.25, 0.3) is 0 Å². The Morgan fingerprint density at radius 3 is 2.44 bits per heavy atom. The third-order valence-corrected chi connectivity index (χ3v) is 4.34. The number of nitrogens with zero attached hydrogens (tertiary/aromatic N) is 2. The second-order valence-electron chi connectivity index (χ2n) is 5.77. The quantitative estimate of drug-likeness (QED) is 0.807. The van der Waals surface area contributed by atoms with Gasteiger partial charge in [-0.05, 0) is 43.8 Å². The molecule has 2 nitrogen and oxygen atoms in total. The topological polar surface area (TPSA) is 27.0 Å². The molecule has 0 radical (unpaired) electrons. The number of likely N-dealkylation sites (tertiary alicyclic amines) is 1. The lowest BCUT2D eigenvalue weighted by atomic mass is 9.77. The Hall–Kier alpha value is -1.33. The smallest absolute Gasteiger partial charge is 0.0627 e. The van der Waals surface area contributed by atoms with Crippen molar-refractivity contribution >= 4 is 0 Å². The van der Waals surface area contributed by atoms with Gasteiger partial charge in [-0.15, -0.1) is 0 Å². The lowest BCUT2D eigenvalue weighted by Gasteiger charge is -2.41. The van der Waals surface area contributed by atoms with Gasteiger partial charge in [-0.1, -0.05) is 37.3 Å². The summed E-state index contributed by atoms with van der Waals surface area (Å²) < 4.78 is 0. The monoisotopic (exact) mass is 242 g/mol. The maximum atomic E-state index is 8.87. The van der Waals surface area contributed by atoms with E-state index in [0.29, 0.717) is 12.5 Å². The van der Waals surface area contributed by atoms with Gasteiger partial charge in [0, 0.05) is 12.5 Å². The summed E-state index contributed by atoms with van der Waals surface area (Å²) in [6.45, 7) is 6.74. The van der Waals surface area contributed by atoms with E-state index in [1.807, 2.05) is 0 Å². The molecule has 0 spiro atoms. The summed E-state index contributed by atoms with van der Waals surface area (Å²) in [4.78, 5) is 2.54. The summed E-state index contributed by atoms with van der Waals surface area (Å²) >= 11 is 0. The SMILES string of the molecule is CC(c1ccccc1)N1CCC(C)(CC#N)CC1. The van der Waals surface area contributed by atoms with Crippen molar-refractivity contribution < 1.29 is 0 Å². The molecule has 1 aliphatic rings. The molecule has 2 rings (SSSR count). The van der Waals surface area contributed by atoms with Gasteiger partial charge in [0.2, 0.25) is 0 Å². The van der Waals surface area contributed by atoms with E-state index in [4.69, 9.17) is 5.26 Å². The molecule has 1 aliphatic heterocycles. The second kappa shape index (κ2) is 5.54. The molecule has 1 aromatic carbocycles. The Morgan fingerprint density at radius 2 is 1.89 bits per heavy atom. The highest BCUT2D eigenvalue weighted by atomic mass is 15.2. The summed E-state index contributed by atoms with van der Waals surface area (Å²) in [7, 11) is 0. The number of piperidine rings is 1. The molecule has 0 saturated carbocycles. The molecule has 1 fully saturated rings. The Balaban J connectivity index is 1.96. The molecule has 0 bridgehead atoms. The zero-order chi connectivity index (χ0) is 13.0. The third-order valence-electron chi connectivity index (χ3n) is 4.34. The highest BCUT2D eigenvalue weighted by Crippen LogP contribution is 2.36. The lowest BCUT2D eigenvalue weighted by molar-refractivity contribution is 0.0918. The average Bonchev–Trinajstić information content (AvgIpc) is 2.40. The van der Waals surface area contributed by atoms with Crippen molar-refractivity contribution in [1.82, 2.24) is 4.90 Å². The van der Waals surface area contributed by atoms with Crippen LogP contribution in [0.3, 0.4) is 0 Å². The van der Waals surface area contributed by atoms with E-state index in [-0.39, 0.29) is 5.41 Å². The van der Waals surface area contributed by atoms with E-state index in [1.54, 1.807) is 0 Å². The highest BCUT2D eigenvalue weighted by Gasteiger charge is 2.31. The summed E-state index contributed by atoms with van der Waals surface area (Å²) in [6.07, 6.45) is 2.97. The van der Waals surface area contributed by atoms with Gasteiger partial charge < -0.3 is 0 Å². The van der Waals surface area contributed by atoms with Gasteiger partial charge in [0.05, 0.1) is 6.07 Å². The first-order valence-corrected chi connectivity index (χ1v) is 6.81. The van der Waals surface area contributed by atoms with Gasteiger partial charge >= 0.3 is 0 Å². The van der Waals surface area contributed by atoms with Crippen LogP contribution in [-0.2, 0) is 0 Å². The van der Waals surface area contributed by atoms with Crippen molar-refractivity contribution in [3.05, 3.63) is 35.9 Å². The normalized spacial score (nSPS) is 21.2. The van der Waals surface area contributed by atoms with Crippen molar-refractivity contribution in [3.8, 4) is 6.07 Å². The van der Waals surface area contributed by atoms with Crippen LogP contribution in [-0.4, -0.2) is 18.0 Å². The first kappa shape index (κ1) is 13.1. The number of hydrogen-bond donors (Lipinski definition) is 0. The van der Waals surface area contributed by atoms with E-state index in [2.05, 4.69) is 55.1 Å². The van der Waals surface area contributed by atoms with Crippen molar-refractivity contribution in [1.29, 1.82) is 5.26 Å². The van der Waals surface area contributed by atoms with Crippen LogP contribution < -0.4 is 0 Å². The minimum atomic E-state index is 0.238. The molecule has 1 heterocycles. The maximum absolute atomic E-state index is 8.87. The van der Waals surface area contributed by atoms with Crippen LogP contribution in [0.15, 0.2) is 30.3 Å². The number of hydrogen-bond acceptors (Lipinski definition) is 2. The molecule has 0 amide bonds. The summed E-state index contributed by atoms with van der Waals surface area (Å²) in [5.41, 5.74) is 1.63. The molecule has 0 aromatic heterocycles. The largest absolute Gasteiger partial charge is 0.297 e. The van der Waals surface area contributed by atoms with E-state index in [9.17, 15) is 0 Å². The van der Waals surface area contributed by atoms with Crippen LogP contribution >= 0.6 is 0 Å². The van der Waals surface area contributed by atoms with Gasteiger partial charge in [0.15, 0.2) is 0 Å². The Bertz CT molecular complexity index is 410. The minimum Gasteiger partial charge on any atom is -0.297 e. The number of benzene rings is 1. The summed E-state index contributed by atoms with van der Waals surface area (Å²) in [6, 6.07) is 13.5. The lowest BCUT2D eigenvalue weighted by Crippen LogP contribution is -2.39. The second-order valence-corrected chi connectivity index (χ2v) is 5.77. The molecular formula is C16H22N2.